The third kappa shape index (κ3) is 5.66. The lowest BCUT2D eigenvalue weighted by atomic mass is 9.93. The molecule has 0 aliphatic carbocycles. The number of nitrogens with zero attached hydrogens (tertiary/aromatic N) is 2. The Balaban J connectivity index is 1.52. The van der Waals surface area contributed by atoms with Gasteiger partial charge in [-0.1, -0.05) is 77.5 Å². The highest BCUT2D eigenvalue weighted by atomic mass is 35.5. The van der Waals surface area contributed by atoms with Crippen molar-refractivity contribution in [3.63, 3.8) is 0 Å². The number of carbonyl (C=O) groups excluding carboxylic acids is 1. The first-order valence-corrected chi connectivity index (χ1v) is 14.6. The Morgan fingerprint density at radius 3 is 2.45 bits per heavy atom. The molecule has 0 N–H and O–H groups in total. The molecule has 2 aromatic heterocycles. The summed E-state index contributed by atoms with van der Waals surface area (Å²) in [6.45, 7) is 1.82. The molecule has 0 radical (unpaired) electrons. The number of halogens is 4. The van der Waals surface area contributed by atoms with E-state index in [-0.39, 0.29) is 33.8 Å². The quantitative estimate of drug-likeness (QED) is 0.191. The highest BCUT2D eigenvalue weighted by molar-refractivity contribution is 7.07. The second-order valence-corrected chi connectivity index (χ2v) is 11.2. The van der Waals surface area contributed by atoms with Crippen LogP contribution in [-0.2, 0) is 15.7 Å². The lowest BCUT2D eigenvalue weighted by Crippen LogP contribution is -2.39. The van der Waals surface area contributed by atoms with Gasteiger partial charge in [-0.05, 0) is 48.9 Å². The summed E-state index contributed by atoms with van der Waals surface area (Å²) in [6, 6.07) is 23.0. The molecular formula is C33H22ClF3N2O4S. The summed E-state index contributed by atoms with van der Waals surface area (Å²) in [5.74, 6) is -0.134. The highest BCUT2D eigenvalue weighted by Crippen LogP contribution is 2.36. The van der Waals surface area contributed by atoms with E-state index < -0.39 is 29.3 Å². The van der Waals surface area contributed by atoms with Gasteiger partial charge in [0.25, 0.3) is 5.56 Å². The molecule has 3 heterocycles. The second-order valence-electron chi connectivity index (χ2n) is 9.76. The van der Waals surface area contributed by atoms with Crippen LogP contribution in [-0.4, -0.2) is 17.1 Å². The Morgan fingerprint density at radius 2 is 1.75 bits per heavy atom. The van der Waals surface area contributed by atoms with E-state index in [9.17, 15) is 22.8 Å². The molecule has 222 valence electrons. The van der Waals surface area contributed by atoms with Crippen LogP contribution in [0.3, 0.4) is 0 Å². The minimum Gasteiger partial charge on any atom is -0.463 e. The Morgan fingerprint density at radius 1 is 1.02 bits per heavy atom. The van der Waals surface area contributed by atoms with Crippen molar-refractivity contribution in [2.45, 2.75) is 19.1 Å². The summed E-state index contributed by atoms with van der Waals surface area (Å²) in [7, 11) is 0. The Kier molecular flexibility index (Phi) is 7.87. The highest BCUT2D eigenvalue weighted by Gasteiger charge is 2.35. The normalized spacial score (nSPS) is 15.2. The van der Waals surface area contributed by atoms with E-state index in [1.165, 1.54) is 22.8 Å². The molecule has 0 saturated carbocycles. The molecule has 3 aromatic carbocycles. The number of ether oxygens (including phenoxy) is 1. The van der Waals surface area contributed by atoms with Crippen molar-refractivity contribution in [2.24, 2.45) is 4.99 Å². The maximum absolute atomic E-state index is 14.0. The Labute approximate surface area is 257 Å². The summed E-state index contributed by atoms with van der Waals surface area (Å²) in [4.78, 5) is 32.6. The third-order valence-electron chi connectivity index (χ3n) is 6.93. The molecule has 0 saturated heterocycles. The fourth-order valence-electron chi connectivity index (χ4n) is 4.96. The molecule has 6 nitrogen and oxygen atoms in total. The van der Waals surface area contributed by atoms with Crippen molar-refractivity contribution in [1.82, 2.24) is 4.57 Å². The van der Waals surface area contributed by atoms with Gasteiger partial charge in [0.1, 0.15) is 11.5 Å². The number of rotatable bonds is 6. The first-order chi connectivity index (χ1) is 21.1. The number of thiazole rings is 1. The zero-order valence-corrected chi connectivity index (χ0v) is 24.5. The zero-order chi connectivity index (χ0) is 31.0. The van der Waals surface area contributed by atoms with Gasteiger partial charge in [0, 0.05) is 22.2 Å². The van der Waals surface area contributed by atoms with Gasteiger partial charge < -0.3 is 9.15 Å². The van der Waals surface area contributed by atoms with Crippen LogP contribution in [0.15, 0.2) is 111 Å². The number of furan rings is 1. The number of aromatic nitrogens is 1. The number of benzene rings is 3. The smallest absolute Gasteiger partial charge is 0.416 e. The molecule has 5 aromatic rings. The van der Waals surface area contributed by atoms with Crippen molar-refractivity contribution < 1.29 is 27.1 Å². The van der Waals surface area contributed by atoms with Crippen LogP contribution >= 0.6 is 22.9 Å². The number of alkyl halides is 3. The van der Waals surface area contributed by atoms with Gasteiger partial charge in [-0.3, -0.25) is 9.36 Å². The lowest BCUT2D eigenvalue weighted by molar-refractivity contribution is -0.139. The van der Waals surface area contributed by atoms with E-state index in [4.69, 9.17) is 25.7 Å². The van der Waals surface area contributed by atoms with E-state index in [0.29, 0.717) is 26.6 Å². The second kappa shape index (κ2) is 11.8. The van der Waals surface area contributed by atoms with Gasteiger partial charge in [0.05, 0.1) is 34.0 Å². The van der Waals surface area contributed by atoms with E-state index in [1.807, 2.05) is 30.3 Å². The van der Waals surface area contributed by atoms with Crippen LogP contribution < -0.4 is 14.9 Å². The van der Waals surface area contributed by atoms with Crippen LogP contribution in [0.1, 0.15) is 35.4 Å². The molecule has 6 rings (SSSR count). The minimum atomic E-state index is -4.50. The van der Waals surface area contributed by atoms with Gasteiger partial charge >= 0.3 is 12.1 Å². The monoisotopic (exact) mass is 634 g/mol. The van der Waals surface area contributed by atoms with Crippen molar-refractivity contribution in [2.75, 3.05) is 6.61 Å². The summed E-state index contributed by atoms with van der Waals surface area (Å²) in [5.41, 5.74) is 0.887. The van der Waals surface area contributed by atoms with E-state index in [0.717, 1.165) is 23.5 Å². The number of hydrogen-bond donors (Lipinski definition) is 0. The van der Waals surface area contributed by atoms with Crippen molar-refractivity contribution in [1.29, 1.82) is 0 Å². The molecule has 11 heteroatoms. The number of carbonyl (C=O) groups is 1. The maximum atomic E-state index is 14.0. The fraction of sp³-hybridized carbons (Fsp3) is 0.121. The molecule has 1 atom stereocenters. The molecule has 0 fully saturated rings. The molecule has 0 bridgehead atoms. The van der Waals surface area contributed by atoms with Crippen molar-refractivity contribution in [3.8, 4) is 11.3 Å². The number of fused-ring (bicyclic) bond motifs is 1. The summed E-state index contributed by atoms with van der Waals surface area (Å²) in [5, 5.41) is 0.487. The van der Waals surface area contributed by atoms with E-state index in [2.05, 4.69) is 0 Å². The van der Waals surface area contributed by atoms with Gasteiger partial charge in [-0.25, -0.2) is 9.79 Å². The topological polar surface area (TPSA) is 73.8 Å². The summed E-state index contributed by atoms with van der Waals surface area (Å²) < 4.78 is 52.7. The van der Waals surface area contributed by atoms with Crippen LogP contribution in [0.5, 0.6) is 0 Å². The van der Waals surface area contributed by atoms with E-state index in [1.54, 1.807) is 43.3 Å². The number of hydrogen-bond acceptors (Lipinski definition) is 6. The predicted octanol–water partition coefficient (Wildman–Crippen LogP) is 6.87. The van der Waals surface area contributed by atoms with Crippen LogP contribution in [0.4, 0.5) is 13.2 Å². The average molecular weight is 635 g/mol. The number of esters is 1. The van der Waals surface area contributed by atoms with Gasteiger partial charge in [0.2, 0.25) is 0 Å². The molecule has 0 spiro atoms. The van der Waals surface area contributed by atoms with Gasteiger partial charge in [0.15, 0.2) is 4.80 Å². The average Bonchev–Trinajstić information content (AvgIpc) is 3.61. The molecule has 44 heavy (non-hydrogen) atoms. The summed E-state index contributed by atoms with van der Waals surface area (Å²) >= 11 is 7.27. The lowest BCUT2D eigenvalue weighted by Gasteiger charge is -2.25. The van der Waals surface area contributed by atoms with Crippen LogP contribution in [0.25, 0.3) is 23.1 Å². The minimum absolute atomic E-state index is 0.120. The Hall–Kier alpha value is -4.67. The van der Waals surface area contributed by atoms with Crippen molar-refractivity contribution >= 4 is 40.7 Å². The SMILES string of the molecule is CCOC(=O)C1=C(c2ccccc2)N=c2s/c(=C\c3ccc(-c4cccc(C(F)(F)F)c4)o3)c(=O)n2C1c1ccc(Cl)cc1. The molecule has 1 aliphatic heterocycles. The molecular weight excluding hydrogens is 613 g/mol. The fourth-order valence-corrected chi connectivity index (χ4v) is 6.07. The molecule has 1 aliphatic rings. The standard InChI is InChI=1S/C33H22ClF3N2O4S/c1-2-42-31(41)27-28(19-7-4-3-5-8-19)38-32-39(29(27)20-11-13-23(34)14-12-20)30(40)26(44-32)18-24-15-16-25(43-24)21-9-6-10-22(17-21)33(35,36)37/h3-18,29H,2H2,1H3/b26-18-. The first-order valence-electron chi connectivity index (χ1n) is 13.5. The van der Waals surface area contributed by atoms with Gasteiger partial charge in [-0.2, -0.15) is 13.2 Å². The maximum Gasteiger partial charge on any atom is 0.416 e. The first kappa shape index (κ1) is 29.4. The predicted molar refractivity (Wildman–Crippen MR) is 162 cm³/mol. The summed E-state index contributed by atoms with van der Waals surface area (Å²) in [6.07, 6.45) is -2.99. The molecule has 0 amide bonds. The zero-order valence-electron chi connectivity index (χ0n) is 23.0. The van der Waals surface area contributed by atoms with Gasteiger partial charge in [-0.15, -0.1) is 0 Å². The Bertz CT molecular complexity index is 2080. The van der Waals surface area contributed by atoms with Crippen LogP contribution in [0.2, 0.25) is 5.02 Å². The molecule has 1 unspecified atom stereocenters. The van der Waals surface area contributed by atoms with Crippen molar-refractivity contribution in [3.05, 3.63) is 144 Å². The van der Waals surface area contributed by atoms with Crippen LogP contribution in [0, 0.1) is 0 Å². The largest absolute Gasteiger partial charge is 0.463 e. The third-order valence-corrected chi connectivity index (χ3v) is 8.17. The van der Waals surface area contributed by atoms with E-state index >= 15 is 0 Å².